The zero-order valence-electron chi connectivity index (χ0n) is 21.0. The summed E-state index contributed by atoms with van der Waals surface area (Å²) in [5.41, 5.74) is 5.02. The third-order valence-corrected chi connectivity index (χ3v) is 8.25. The molecule has 1 fully saturated rings. The molecule has 2 heterocycles. The number of hydrazone groups is 1. The summed E-state index contributed by atoms with van der Waals surface area (Å²) in [6.07, 6.45) is 1.51. The van der Waals surface area contributed by atoms with Crippen LogP contribution in [0.2, 0.25) is 5.02 Å². The lowest BCUT2D eigenvalue weighted by atomic mass is 10.2. The minimum Gasteiger partial charge on any atom is -0.490 e. The normalized spacial score (nSPS) is 13.5. The number of ether oxygens (including phenoxy) is 3. The van der Waals surface area contributed by atoms with Gasteiger partial charge >= 0.3 is 0 Å². The summed E-state index contributed by atoms with van der Waals surface area (Å²) in [4.78, 5) is 31.1. The number of halogens is 2. The standard InChI is InChI=1S/C26H26BrClN4O5S2/c1-2-36-22-12-17(11-20(27)25(22)37-14-24(34)32-7-9-35-10-8-32)13-29-31-23(33)16-39-26-30-21(15-38-26)18-3-5-19(28)6-4-18/h3-6,11-13,15H,2,7-10,14,16H2,1H3,(H,31,33)/b29-13+. The average molecular weight is 654 g/mol. The molecule has 1 N–H and O–H groups in total. The van der Waals surface area contributed by atoms with Crippen LogP contribution in [0, 0.1) is 0 Å². The van der Waals surface area contributed by atoms with Crippen molar-refractivity contribution in [3.05, 3.63) is 56.8 Å². The number of aromatic nitrogens is 1. The van der Waals surface area contributed by atoms with Gasteiger partial charge in [0.15, 0.2) is 22.4 Å². The maximum absolute atomic E-state index is 12.5. The second-order valence-corrected chi connectivity index (χ2v) is 11.5. The van der Waals surface area contributed by atoms with Crippen molar-refractivity contribution >= 4 is 68.7 Å². The van der Waals surface area contributed by atoms with Crippen molar-refractivity contribution in [1.82, 2.24) is 15.3 Å². The maximum Gasteiger partial charge on any atom is 0.260 e. The molecule has 13 heteroatoms. The zero-order chi connectivity index (χ0) is 27.6. The van der Waals surface area contributed by atoms with Crippen molar-refractivity contribution in [1.29, 1.82) is 0 Å². The third kappa shape index (κ3) is 8.67. The Morgan fingerprint density at radius 3 is 2.77 bits per heavy atom. The highest BCUT2D eigenvalue weighted by molar-refractivity contribution is 9.10. The van der Waals surface area contributed by atoms with Gasteiger partial charge in [-0.3, -0.25) is 9.59 Å². The molecule has 206 valence electrons. The van der Waals surface area contributed by atoms with Crippen LogP contribution in [-0.4, -0.2) is 73.2 Å². The zero-order valence-corrected chi connectivity index (χ0v) is 25.0. The van der Waals surface area contributed by atoms with E-state index in [0.717, 1.165) is 15.6 Å². The number of rotatable bonds is 11. The number of nitrogens with zero attached hydrogens (tertiary/aromatic N) is 3. The predicted molar refractivity (Wildman–Crippen MR) is 157 cm³/mol. The number of thiazole rings is 1. The van der Waals surface area contributed by atoms with Crippen LogP contribution in [0.3, 0.4) is 0 Å². The van der Waals surface area contributed by atoms with E-state index in [4.69, 9.17) is 25.8 Å². The van der Waals surface area contributed by atoms with Crippen LogP contribution in [0.4, 0.5) is 0 Å². The van der Waals surface area contributed by atoms with Crippen LogP contribution < -0.4 is 14.9 Å². The molecule has 2 amide bonds. The lowest BCUT2D eigenvalue weighted by molar-refractivity contribution is -0.137. The first-order chi connectivity index (χ1) is 18.9. The molecule has 0 bridgehead atoms. The van der Waals surface area contributed by atoms with Gasteiger partial charge in [0.2, 0.25) is 0 Å². The lowest BCUT2D eigenvalue weighted by Gasteiger charge is -2.27. The van der Waals surface area contributed by atoms with Crippen molar-refractivity contribution in [3.63, 3.8) is 0 Å². The molecule has 1 aliphatic rings. The Bertz CT molecular complexity index is 1320. The molecule has 9 nitrogen and oxygen atoms in total. The van der Waals surface area contributed by atoms with Gasteiger partial charge in [0.1, 0.15) is 0 Å². The quantitative estimate of drug-likeness (QED) is 0.175. The van der Waals surface area contributed by atoms with Crippen LogP contribution in [-0.2, 0) is 14.3 Å². The molecule has 0 saturated carbocycles. The van der Waals surface area contributed by atoms with Crippen LogP contribution in [0.25, 0.3) is 11.3 Å². The van der Waals surface area contributed by atoms with E-state index in [-0.39, 0.29) is 24.2 Å². The molecular weight excluding hydrogens is 628 g/mol. The van der Waals surface area contributed by atoms with Gasteiger partial charge in [-0.15, -0.1) is 11.3 Å². The number of carbonyl (C=O) groups excluding carboxylic acids is 2. The number of carbonyl (C=O) groups is 2. The van der Waals surface area contributed by atoms with Gasteiger partial charge in [-0.2, -0.15) is 5.10 Å². The van der Waals surface area contributed by atoms with Crippen molar-refractivity contribution in [2.24, 2.45) is 5.10 Å². The second kappa shape index (κ2) is 14.7. The number of benzene rings is 2. The Morgan fingerprint density at radius 2 is 2.03 bits per heavy atom. The van der Waals surface area contributed by atoms with Crippen LogP contribution in [0.15, 0.2) is 55.7 Å². The summed E-state index contributed by atoms with van der Waals surface area (Å²) >= 11 is 12.3. The van der Waals surface area contributed by atoms with Crippen molar-refractivity contribution in [3.8, 4) is 22.8 Å². The van der Waals surface area contributed by atoms with E-state index in [1.54, 1.807) is 17.0 Å². The van der Waals surface area contributed by atoms with Gasteiger partial charge in [0.05, 0.1) is 42.0 Å². The molecule has 0 atom stereocenters. The first-order valence-corrected chi connectivity index (χ1v) is 15.1. The number of amides is 2. The lowest BCUT2D eigenvalue weighted by Crippen LogP contribution is -2.43. The summed E-state index contributed by atoms with van der Waals surface area (Å²) in [6.45, 7) is 4.31. The highest BCUT2D eigenvalue weighted by Crippen LogP contribution is 2.36. The SMILES string of the molecule is CCOc1cc(/C=N/NC(=O)CSc2nc(-c3ccc(Cl)cc3)cs2)cc(Br)c1OCC(=O)N1CCOCC1. The molecular formula is C26H26BrClN4O5S2. The van der Waals surface area contributed by atoms with E-state index in [1.807, 2.05) is 36.6 Å². The van der Waals surface area contributed by atoms with Crippen LogP contribution >= 0.6 is 50.6 Å². The largest absolute Gasteiger partial charge is 0.490 e. The summed E-state index contributed by atoms with van der Waals surface area (Å²) in [6, 6.07) is 11.0. The predicted octanol–water partition coefficient (Wildman–Crippen LogP) is 5.10. The summed E-state index contributed by atoms with van der Waals surface area (Å²) in [5, 5.41) is 6.68. The van der Waals surface area contributed by atoms with Crippen LogP contribution in [0.5, 0.6) is 11.5 Å². The summed E-state index contributed by atoms with van der Waals surface area (Å²) < 4.78 is 18.2. The first kappa shape index (κ1) is 29.3. The van der Waals surface area contributed by atoms with E-state index in [0.29, 0.717) is 59.5 Å². The molecule has 0 spiro atoms. The van der Waals surface area contributed by atoms with Crippen LogP contribution in [0.1, 0.15) is 12.5 Å². The Kier molecular flexibility index (Phi) is 11.0. The summed E-state index contributed by atoms with van der Waals surface area (Å²) in [5.74, 6) is 0.689. The van der Waals surface area contributed by atoms with Crippen molar-refractivity contribution in [2.45, 2.75) is 11.3 Å². The van der Waals surface area contributed by atoms with Gasteiger partial charge in [0.25, 0.3) is 11.8 Å². The fourth-order valence-electron chi connectivity index (χ4n) is 3.52. The molecule has 0 radical (unpaired) electrons. The Balaban J connectivity index is 1.29. The molecule has 1 aliphatic heterocycles. The minimum absolute atomic E-state index is 0.111. The molecule has 1 aromatic heterocycles. The Labute approximate surface area is 248 Å². The van der Waals surface area contributed by atoms with E-state index in [2.05, 4.69) is 31.4 Å². The highest BCUT2D eigenvalue weighted by atomic mass is 79.9. The molecule has 3 aromatic rings. The number of hydrogen-bond acceptors (Lipinski definition) is 9. The van der Waals surface area contributed by atoms with E-state index in [1.165, 1.54) is 29.3 Å². The minimum atomic E-state index is -0.259. The number of nitrogens with one attached hydrogen (secondary N) is 1. The fourth-order valence-corrected chi connectivity index (χ4v) is 5.85. The molecule has 39 heavy (non-hydrogen) atoms. The number of hydrogen-bond donors (Lipinski definition) is 1. The van der Waals surface area contributed by atoms with Crippen molar-refractivity contribution in [2.75, 3.05) is 45.3 Å². The molecule has 1 saturated heterocycles. The topological polar surface area (TPSA) is 102 Å². The summed E-state index contributed by atoms with van der Waals surface area (Å²) in [7, 11) is 0. The molecule has 0 aliphatic carbocycles. The molecule has 2 aromatic carbocycles. The van der Waals surface area contributed by atoms with Gasteiger partial charge < -0.3 is 19.1 Å². The first-order valence-electron chi connectivity index (χ1n) is 12.0. The van der Waals surface area contributed by atoms with E-state index < -0.39 is 0 Å². The van der Waals surface area contributed by atoms with Gasteiger partial charge in [-0.25, -0.2) is 10.4 Å². The Hall–Kier alpha value is -2.64. The van der Waals surface area contributed by atoms with Gasteiger partial charge in [-0.1, -0.05) is 35.5 Å². The second-order valence-electron chi connectivity index (χ2n) is 8.13. The van der Waals surface area contributed by atoms with E-state index >= 15 is 0 Å². The van der Waals surface area contributed by atoms with E-state index in [9.17, 15) is 9.59 Å². The molecule has 0 unspecified atom stereocenters. The Morgan fingerprint density at radius 1 is 1.26 bits per heavy atom. The van der Waals surface area contributed by atoms with Crippen molar-refractivity contribution < 1.29 is 23.8 Å². The average Bonchev–Trinajstić information content (AvgIpc) is 3.41. The third-order valence-electron chi connectivity index (χ3n) is 5.39. The highest BCUT2D eigenvalue weighted by Gasteiger charge is 2.19. The van der Waals surface area contributed by atoms with Gasteiger partial charge in [-0.05, 0) is 52.7 Å². The maximum atomic E-state index is 12.5. The van der Waals surface area contributed by atoms with Gasteiger partial charge in [0, 0.05) is 29.1 Å². The number of thioether (sulfide) groups is 1. The monoisotopic (exact) mass is 652 g/mol. The number of morpholine rings is 1. The fraction of sp³-hybridized carbons (Fsp3) is 0.308. The smallest absolute Gasteiger partial charge is 0.260 e. The molecule has 4 rings (SSSR count).